The predicted octanol–water partition coefficient (Wildman–Crippen LogP) is 6.83. The van der Waals surface area contributed by atoms with Gasteiger partial charge in [-0.15, -0.1) is 0 Å². The van der Waals surface area contributed by atoms with Crippen molar-refractivity contribution >= 4 is 25.2 Å². The number of anilines is 1. The van der Waals surface area contributed by atoms with Crippen molar-refractivity contribution < 1.29 is 45.7 Å². The summed E-state index contributed by atoms with van der Waals surface area (Å²) in [6.45, 7) is -0.616. The number of carboxylic acids is 1. The summed E-state index contributed by atoms with van der Waals surface area (Å²) in [6, 6.07) is 8.87. The first-order valence-electron chi connectivity index (χ1n) is 13.6. The standard InChI is InChI=1S/C29H34F6N2O4.H2S/c1-40-21-7-8-23(27(29(33,34)35)36-17-28(30,31)32)25(14-21)37-11-9-18(10-12-37)16-41-22-4-2-3-20(13-22)24(15-26(38)39)19-5-6-19;/h2-4,7-8,13-14,18-19,24,27,36H,5-6,9-12,15-17H2,1H3,(H,38,39);1H2/t24-,27?;/m0./s1. The van der Waals surface area contributed by atoms with Crippen molar-refractivity contribution in [1.82, 2.24) is 5.32 Å². The lowest BCUT2D eigenvalue weighted by molar-refractivity contribution is -0.171. The van der Waals surface area contributed by atoms with Crippen molar-refractivity contribution in [3.05, 3.63) is 53.6 Å². The topological polar surface area (TPSA) is 71.0 Å². The van der Waals surface area contributed by atoms with Crippen LogP contribution in [0.1, 0.15) is 55.2 Å². The van der Waals surface area contributed by atoms with Crippen LogP contribution in [0.4, 0.5) is 32.0 Å². The molecule has 1 heterocycles. The summed E-state index contributed by atoms with van der Waals surface area (Å²) < 4.78 is 91.3. The van der Waals surface area contributed by atoms with Gasteiger partial charge in [0.25, 0.3) is 0 Å². The van der Waals surface area contributed by atoms with Gasteiger partial charge in [-0.05, 0) is 67.2 Å². The maximum absolute atomic E-state index is 13.9. The molecule has 1 saturated carbocycles. The van der Waals surface area contributed by atoms with E-state index in [1.165, 1.54) is 19.2 Å². The maximum Gasteiger partial charge on any atom is 0.407 e. The van der Waals surface area contributed by atoms with Crippen molar-refractivity contribution in [3.8, 4) is 11.5 Å². The molecule has 1 saturated heterocycles. The number of halogens is 6. The SMILES string of the molecule is COc1ccc(C(NCC(F)(F)F)C(F)(F)F)c(N2CCC(COc3cccc([C@@H](CC(=O)O)C4CC4)c3)CC2)c1.S. The summed E-state index contributed by atoms with van der Waals surface area (Å²) in [4.78, 5) is 13.1. The maximum atomic E-state index is 13.9. The van der Waals surface area contributed by atoms with Gasteiger partial charge in [-0.2, -0.15) is 39.8 Å². The largest absolute Gasteiger partial charge is 0.497 e. The Hall–Kier alpha value is -2.80. The van der Waals surface area contributed by atoms with Gasteiger partial charge in [0, 0.05) is 30.4 Å². The minimum absolute atomic E-state index is 0. The molecule has 2 N–H and O–H groups in total. The van der Waals surface area contributed by atoms with Crippen LogP contribution in [-0.4, -0.2) is 56.8 Å². The van der Waals surface area contributed by atoms with Crippen LogP contribution in [0.3, 0.4) is 0 Å². The number of piperidine rings is 1. The molecule has 42 heavy (non-hydrogen) atoms. The third-order valence-corrected chi connectivity index (χ3v) is 7.70. The second-order valence-electron chi connectivity index (χ2n) is 10.8. The van der Waals surface area contributed by atoms with E-state index in [1.807, 2.05) is 24.3 Å². The van der Waals surface area contributed by atoms with Gasteiger partial charge < -0.3 is 19.5 Å². The first kappa shape index (κ1) is 33.7. The average Bonchev–Trinajstić information content (AvgIpc) is 3.75. The average molecular weight is 623 g/mol. The molecule has 2 aliphatic rings. The number of benzene rings is 2. The molecule has 234 valence electrons. The summed E-state index contributed by atoms with van der Waals surface area (Å²) in [7, 11) is 1.37. The van der Waals surface area contributed by atoms with Crippen LogP contribution in [0.2, 0.25) is 0 Å². The molecule has 1 unspecified atom stereocenters. The second kappa shape index (κ2) is 14.1. The lowest BCUT2D eigenvalue weighted by Gasteiger charge is -2.36. The van der Waals surface area contributed by atoms with E-state index in [4.69, 9.17) is 9.47 Å². The minimum Gasteiger partial charge on any atom is -0.497 e. The van der Waals surface area contributed by atoms with Crippen LogP contribution in [-0.2, 0) is 4.79 Å². The Morgan fingerprint density at radius 2 is 1.71 bits per heavy atom. The summed E-state index contributed by atoms with van der Waals surface area (Å²) in [5.74, 6) is 0.536. The Balaban J connectivity index is 0.00000484. The van der Waals surface area contributed by atoms with Gasteiger partial charge >= 0.3 is 18.3 Å². The molecule has 13 heteroatoms. The van der Waals surface area contributed by atoms with E-state index in [-0.39, 0.29) is 43.0 Å². The number of aliphatic carboxylic acids is 1. The van der Waals surface area contributed by atoms with Crippen LogP contribution in [0.5, 0.6) is 11.5 Å². The number of nitrogens with one attached hydrogen (secondary N) is 1. The normalized spacial score (nSPS) is 17.7. The first-order valence-corrected chi connectivity index (χ1v) is 13.6. The fourth-order valence-corrected chi connectivity index (χ4v) is 5.42. The van der Waals surface area contributed by atoms with Gasteiger partial charge in [0.2, 0.25) is 0 Å². The Morgan fingerprint density at radius 3 is 2.29 bits per heavy atom. The predicted molar refractivity (Wildman–Crippen MR) is 151 cm³/mol. The zero-order chi connectivity index (χ0) is 29.8. The van der Waals surface area contributed by atoms with Crippen LogP contribution in [0.25, 0.3) is 0 Å². The van der Waals surface area contributed by atoms with Crippen molar-refractivity contribution in [2.24, 2.45) is 11.8 Å². The zero-order valence-corrected chi connectivity index (χ0v) is 24.1. The third kappa shape index (κ3) is 9.35. The van der Waals surface area contributed by atoms with E-state index in [9.17, 15) is 36.2 Å². The molecule has 6 nitrogen and oxygen atoms in total. The van der Waals surface area contributed by atoms with E-state index in [2.05, 4.69) is 0 Å². The van der Waals surface area contributed by atoms with Crippen LogP contribution < -0.4 is 19.7 Å². The monoisotopic (exact) mass is 622 g/mol. The number of rotatable bonds is 12. The summed E-state index contributed by atoms with van der Waals surface area (Å²) >= 11 is 0. The fraction of sp³-hybridized carbons (Fsp3) is 0.552. The van der Waals surface area contributed by atoms with E-state index in [0.717, 1.165) is 24.5 Å². The van der Waals surface area contributed by atoms with Crippen LogP contribution in [0, 0.1) is 11.8 Å². The summed E-state index contributed by atoms with van der Waals surface area (Å²) in [5, 5.41) is 10.9. The molecule has 2 aromatic rings. The van der Waals surface area contributed by atoms with Crippen molar-refractivity contribution in [3.63, 3.8) is 0 Å². The Labute approximate surface area is 247 Å². The molecule has 2 aromatic carbocycles. The molecule has 0 amide bonds. The Kier molecular flexibility index (Phi) is 11.3. The number of methoxy groups -OCH3 is 1. The Bertz CT molecular complexity index is 1180. The van der Waals surface area contributed by atoms with E-state index < -0.39 is 30.9 Å². The van der Waals surface area contributed by atoms with Gasteiger partial charge in [0.05, 0.1) is 26.7 Å². The molecular weight excluding hydrogens is 586 g/mol. The number of carboxylic acid groups (broad SMARTS) is 1. The summed E-state index contributed by atoms with van der Waals surface area (Å²) in [5.41, 5.74) is 0.824. The van der Waals surface area contributed by atoms with Crippen LogP contribution >= 0.6 is 13.5 Å². The molecule has 0 bridgehead atoms. The molecule has 4 rings (SSSR count). The smallest absolute Gasteiger partial charge is 0.407 e. The van der Waals surface area contributed by atoms with Gasteiger partial charge in [-0.25, -0.2) is 0 Å². The highest BCUT2D eigenvalue weighted by Gasteiger charge is 2.44. The quantitative estimate of drug-likeness (QED) is 0.253. The zero-order valence-electron chi connectivity index (χ0n) is 23.1. The molecule has 0 radical (unpaired) electrons. The highest BCUT2D eigenvalue weighted by molar-refractivity contribution is 7.59. The van der Waals surface area contributed by atoms with E-state index in [0.29, 0.717) is 50.0 Å². The molecular formula is C29H36F6N2O4S. The van der Waals surface area contributed by atoms with E-state index >= 15 is 0 Å². The molecule has 0 spiro atoms. The Morgan fingerprint density at radius 1 is 1.02 bits per heavy atom. The highest BCUT2D eigenvalue weighted by atomic mass is 32.1. The fourth-order valence-electron chi connectivity index (χ4n) is 5.42. The van der Waals surface area contributed by atoms with Crippen molar-refractivity contribution in [2.45, 2.75) is 56.4 Å². The second-order valence-corrected chi connectivity index (χ2v) is 10.8. The number of hydrogen-bond acceptors (Lipinski definition) is 5. The molecule has 1 aliphatic carbocycles. The molecule has 2 fully saturated rings. The number of ether oxygens (including phenoxy) is 2. The van der Waals surface area contributed by atoms with Crippen LogP contribution in [0.15, 0.2) is 42.5 Å². The van der Waals surface area contributed by atoms with Crippen molar-refractivity contribution in [2.75, 3.05) is 38.3 Å². The third-order valence-electron chi connectivity index (χ3n) is 7.70. The van der Waals surface area contributed by atoms with E-state index in [1.54, 1.807) is 10.2 Å². The first-order chi connectivity index (χ1) is 19.3. The van der Waals surface area contributed by atoms with Gasteiger partial charge in [0.15, 0.2) is 0 Å². The molecule has 2 atom stereocenters. The number of nitrogens with zero attached hydrogens (tertiary/aromatic N) is 1. The van der Waals surface area contributed by atoms with Gasteiger partial charge in [0.1, 0.15) is 17.5 Å². The summed E-state index contributed by atoms with van der Waals surface area (Å²) in [6.07, 6.45) is -6.45. The molecule has 1 aliphatic heterocycles. The minimum atomic E-state index is -4.95. The van der Waals surface area contributed by atoms with Gasteiger partial charge in [-0.1, -0.05) is 18.2 Å². The number of hydrogen-bond donors (Lipinski definition) is 2. The van der Waals surface area contributed by atoms with Gasteiger partial charge in [-0.3, -0.25) is 10.1 Å². The molecule has 0 aromatic heterocycles. The van der Waals surface area contributed by atoms with Crippen molar-refractivity contribution in [1.29, 1.82) is 0 Å². The highest BCUT2D eigenvalue weighted by Crippen LogP contribution is 2.45. The number of carbonyl (C=O) groups is 1. The lowest BCUT2D eigenvalue weighted by atomic mass is 9.91. The number of alkyl halides is 6. The lowest BCUT2D eigenvalue weighted by Crippen LogP contribution is -2.41.